The van der Waals surface area contributed by atoms with E-state index in [4.69, 9.17) is 0 Å². The first-order valence-corrected chi connectivity index (χ1v) is 7.77. The Bertz CT molecular complexity index is 442. The predicted molar refractivity (Wildman–Crippen MR) is 83.4 cm³/mol. The molecule has 1 amide bonds. The molecule has 0 aliphatic heterocycles. The van der Waals surface area contributed by atoms with E-state index in [2.05, 4.69) is 37.0 Å². The van der Waals surface area contributed by atoms with Crippen molar-refractivity contribution < 1.29 is 4.79 Å². The molecule has 0 bridgehead atoms. The first kappa shape index (κ1) is 15.0. The van der Waals surface area contributed by atoms with Gasteiger partial charge in [0.15, 0.2) is 0 Å². The fourth-order valence-electron chi connectivity index (χ4n) is 3.00. The molecule has 1 unspecified atom stereocenters. The maximum absolute atomic E-state index is 12.1. The fraction of sp³-hybridized carbons (Fsp3) is 0.647. The van der Waals surface area contributed by atoms with Crippen molar-refractivity contribution in [2.24, 2.45) is 16.9 Å². The van der Waals surface area contributed by atoms with Crippen LogP contribution in [0.2, 0.25) is 0 Å². The molecule has 1 N–H and O–H groups in total. The SMILES string of the molecule is C=C(C)C1CC=C(C)/C(=N/NC(=O)C2CCCCC2)C1. The Morgan fingerprint density at radius 3 is 2.65 bits per heavy atom. The summed E-state index contributed by atoms with van der Waals surface area (Å²) < 4.78 is 0. The lowest BCUT2D eigenvalue weighted by atomic mass is 9.85. The first-order valence-electron chi connectivity index (χ1n) is 7.77. The van der Waals surface area contributed by atoms with Crippen molar-refractivity contribution in [1.82, 2.24) is 5.43 Å². The van der Waals surface area contributed by atoms with Crippen molar-refractivity contribution in [3.05, 3.63) is 23.8 Å². The smallest absolute Gasteiger partial charge is 0.243 e. The van der Waals surface area contributed by atoms with Gasteiger partial charge in [0.1, 0.15) is 0 Å². The quantitative estimate of drug-likeness (QED) is 0.614. The van der Waals surface area contributed by atoms with Gasteiger partial charge in [0.2, 0.25) is 5.91 Å². The standard InChI is InChI=1S/C17H26N2O/c1-12(2)15-10-9-13(3)16(11-15)18-19-17(20)14-7-5-4-6-8-14/h9,14-15H,1,4-8,10-11H2,2-3H3,(H,19,20)/b18-16+. The molecule has 110 valence electrons. The maximum Gasteiger partial charge on any atom is 0.243 e. The third kappa shape index (κ3) is 3.81. The lowest BCUT2D eigenvalue weighted by Gasteiger charge is -2.23. The second-order valence-electron chi connectivity index (χ2n) is 6.24. The topological polar surface area (TPSA) is 41.5 Å². The van der Waals surface area contributed by atoms with E-state index in [0.717, 1.165) is 31.4 Å². The molecular weight excluding hydrogens is 248 g/mol. The van der Waals surface area contributed by atoms with Crippen LogP contribution in [0.3, 0.4) is 0 Å². The number of nitrogens with zero attached hydrogens (tertiary/aromatic N) is 1. The molecule has 0 saturated heterocycles. The van der Waals surface area contributed by atoms with E-state index < -0.39 is 0 Å². The van der Waals surface area contributed by atoms with Gasteiger partial charge in [0.05, 0.1) is 5.71 Å². The Morgan fingerprint density at radius 2 is 2.00 bits per heavy atom. The van der Waals surface area contributed by atoms with Crippen molar-refractivity contribution in [3.63, 3.8) is 0 Å². The summed E-state index contributed by atoms with van der Waals surface area (Å²) in [5, 5.41) is 4.38. The summed E-state index contributed by atoms with van der Waals surface area (Å²) in [6.45, 7) is 8.17. The van der Waals surface area contributed by atoms with Gasteiger partial charge >= 0.3 is 0 Å². The number of nitrogens with one attached hydrogen (secondary N) is 1. The molecular formula is C17H26N2O. The van der Waals surface area contributed by atoms with Gasteiger partial charge in [-0.2, -0.15) is 5.10 Å². The molecule has 1 fully saturated rings. The summed E-state index contributed by atoms with van der Waals surface area (Å²) in [6.07, 6.45) is 9.77. The van der Waals surface area contributed by atoms with E-state index in [1.54, 1.807) is 0 Å². The number of carbonyl (C=O) groups is 1. The molecule has 20 heavy (non-hydrogen) atoms. The van der Waals surface area contributed by atoms with E-state index >= 15 is 0 Å². The van der Waals surface area contributed by atoms with Gasteiger partial charge < -0.3 is 0 Å². The highest BCUT2D eigenvalue weighted by Gasteiger charge is 2.22. The van der Waals surface area contributed by atoms with Crippen LogP contribution >= 0.6 is 0 Å². The molecule has 3 heteroatoms. The van der Waals surface area contributed by atoms with E-state index in [0.29, 0.717) is 5.92 Å². The summed E-state index contributed by atoms with van der Waals surface area (Å²) in [4.78, 5) is 12.1. The highest BCUT2D eigenvalue weighted by Crippen LogP contribution is 2.27. The predicted octanol–water partition coefficient (Wildman–Crippen LogP) is 3.97. The Kier molecular flexibility index (Phi) is 5.16. The molecule has 3 nitrogen and oxygen atoms in total. The third-order valence-corrected chi connectivity index (χ3v) is 4.58. The van der Waals surface area contributed by atoms with Gasteiger partial charge in [-0.15, -0.1) is 0 Å². The summed E-state index contributed by atoms with van der Waals surface area (Å²) in [6, 6.07) is 0. The van der Waals surface area contributed by atoms with Crippen LogP contribution in [0.15, 0.2) is 28.9 Å². The maximum atomic E-state index is 12.1. The van der Waals surface area contributed by atoms with Gasteiger partial charge in [0.25, 0.3) is 0 Å². The van der Waals surface area contributed by atoms with Crippen LogP contribution in [0.4, 0.5) is 0 Å². The molecule has 1 atom stereocenters. The van der Waals surface area contributed by atoms with Crippen LogP contribution in [0.1, 0.15) is 58.8 Å². The highest BCUT2D eigenvalue weighted by molar-refractivity contribution is 6.01. The van der Waals surface area contributed by atoms with Crippen molar-refractivity contribution in [3.8, 4) is 0 Å². The molecule has 2 rings (SSSR count). The lowest BCUT2D eigenvalue weighted by Crippen LogP contribution is -2.30. The van der Waals surface area contributed by atoms with Crippen molar-refractivity contribution in [2.75, 3.05) is 0 Å². The van der Waals surface area contributed by atoms with E-state index in [1.165, 1.54) is 30.4 Å². The number of hydrogen-bond donors (Lipinski definition) is 1. The molecule has 0 heterocycles. The first-order chi connectivity index (χ1) is 9.58. The van der Waals surface area contributed by atoms with Crippen LogP contribution in [0.25, 0.3) is 0 Å². The van der Waals surface area contributed by atoms with Gasteiger partial charge in [0, 0.05) is 5.92 Å². The highest BCUT2D eigenvalue weighted by atomic mass is 16.2. The number of rotatable bonds is 3. The number of allylic oxidation sites excluding steroid dienone is 3. The monoisotopic (exact) mass is 274 g/mol. The molecule has 0 radical (unpaired) electrons. The fourth-order valence-corrected chi connectivity index (χ4v) is 3.00. The van der Waals surface area contributed by atoms with Gasteiger partial charge in [-0.3, -0.25) is 4.79 Å². The average molecular weight is 274 g/mol. The van der Waals surface area contributed by atoms with E-state index in [9.17, 15) is 4.79 Å². The van der Waals surface area contributed by atoms with E-state index in [1.807, 2.05) is 0 Å². The number of carbonyl (C=O) groups excluding carboxylic acids is 1. The summed E-state index contributed by atoms with van der Waals surface area (Å²) >= 11 is 0. The molecule has 2 aliphatic rings. The Labute approximate surface area is 122 Å². The van der Waals surface area contributed by atoms with Crippen molar-refractivity contribution in [1.29, 1.82) is 0 Å². The zero-order valence-electron chi connectivity index (χ0n) is 12.7. The summed E-state index contributed by atoms with van der Waals surface area (Å²) in [7, 11) is 0. The lowest BCUT2D eigenvalue weighted by molar-refractivity contribution is -0.125. The zero-order valence-corrected chi connectivity index (χ0v) is 12.7. The molecule has 0 spiro atoms. The normalized spacial score (nSPS) is 26.2. The average Bonchev–Trinajstić information content (AvgIpc) is 2.46. The Hall–Kier alpha value is -1.38. The summed E-state index contributed by atoms with van der Waals surface area (Å²) in [5.74, 6) is 0.726. The van der Waals surface area contributed by atoms with Crippen LogP contribution in [-0.4, -0.2) is 11.6 Å². The Morgan fingerprint density at radius 1 is 1.30 bits per heavy atom. The second kappa shape index (κ2) is 6.87. The zero-order chi connectivity index (χ0) is 14.5. The minimum Gasteiger partial charge on any atom is -0.273 e. The van der Waals surface area contributed by atoms with E-state index in [-0.39, 0.29) is 11.8 Å². The second-order valence-corrected chi connectivity index (χ2v) is 6.24. The molecule has 0 aromatic heterocycles. The summed E-state index contributed by atoms with van der Waals surface area (Å²) in [5.41, 5.74) is 6.18. The van der Waals surface area contributed by atoms with Gasteiger partial charge in [-0.25, -0.2) is 5.43 Å². The van der Waals surface area contributed by atoms with Crippen molar-refractivity contribution >= 4 is 11.6 Å². The van der Waals surface area contributed by atoms with Crippen LogP contribution in [-0.2, 0) is 4.79 Å². The van der Waals surface area contributed by atoms with Crippen LogP contribution in [0, 0.1) is 11.8 Å². The van der Waals surface area contributed by atoms with Crippen molar-refractivity contribution in [2.45, 2.75) is 58.8 Å². The van der Waals surface area contributed by atoms with Gasteiger partial charge in [-0.1, -0.05) is 37.5 Å². The molecule has 2 aliphatic carbocycles. The largest absolute Gasteiger partial charge is 0.273 e. The molecule has 1 saturated carbocycles. The number of hydrogen-bond acceptors (Lipinski definition) is 2. The molecule has 0 aromatic rings. The minimum atomic E-state index is 0.0995. The van der Waals surface area contributed by atoms with Gasteiger partial charge in [-0.05, 0) is 51.0 Å². The number of hydrazone groups is 1. The molecule has 0 aromatic carbocycles. The minimum absolute atomic E-state index is 0.0995. The van der Waals surface area contributed by atoms with Crippen LogP contribution < -0.4 is 5.43 Å². The van der Waals surface area contributed by atoms with Crippen LogP contribution in [0.5, 0.6) is 0 Å². The Balaban J connectivity index is 1.95. The third-order valence-electron chi connectivity index (χ3n) is 4.58. The number of amides is 1.